The normalized spacial score (nSPS) is 27.0. The van der Waals surface area contributed by atoms with Crippen LogP contribution in [0.1, 0.15) is 50.1 Å². The van der Waals surface area contributed by atoms with Crippen LogP contribution in [0.15, 0.2) is 36.4 Å². The maximum absolute atomic E-state index is 9.79. The van der Waals surface area contributed by atoms with Crippen LogP contribution < -0.4 is 25.0 Å². The third-order valence-electron chi connectivity index (χ3n) is 8.12. The molecule has 0 amide bonds. The monoisotopic (exact) mass is 463 g/mol. The molecule has 3 aliphatic heterocycles. The summed E-state index contributed by atoms with van der Waals surface area (Å²) in [7, 11) is 0. The summed E-state index contributed by atoms with van der Waals surface area (Å²) >= 11 is 0. The van der Waals surface area contributed by atoms with E-state index in [4.69, 9.17) is 9.47 Å². The molecular weight excluding hydrogens is 426 g/mol. The molecule has 4 aliphatic rings. The molecular formula is C28H37N3O3. The van der Waals surface area contributed by atoms with Crippen molar-refractivity contribution in [1.29, 1.82) is 0 Å². The molecule has 182 valence electrons. The van der Waals surface area contributed by atoms with Gasteiger partial charge in [-0.1, -0.05) is 31.0 Å². The largest absolute Gasteiger partial charge is 0.486 e. The highest BCUT2D eigenvalue weighted by Gasteiger charge is 2.33. The van der Waals surface area contributed by atoms with Gasteiger partial charge in [-0.25, -0.2) is 0 Å². The van der Waals surface area contributed by atoms with Crippen molar-refractivity contribution >= 4 is 5.69 Å². The summed E-state index contributed by atoms with van der Waals surface area (Å²) in [5.41, 5.74) is 5.27. The van der Waals surface area contributed by atoms with Crippen LogP contribution in [0.4, 0.5) is 5.69 Å². The van der Waals surface area contributed by atoms with Crippen molar-refractivity contribution in [3.8, 4) is 22.6 Å². The standard InChI is InChI=1S/C28H37N3O3/c32-18-20-4-1-2-6-23(20)30-21-10-12-31(13-11-21)25-7-3-5-22(28(25)24-17-29-24)19-8-9-26-27(16-19)34-15-14-33-26/h3,5,7-9,16,20-21,23-24,29-30,32H,1-2,4,6,10-15,17-18H2. The van der Waals surface area contributed by atoms with Gasteiger partial charge in [0, 0.05) is 55.6 Å². The summed E-state index contributed by atoms with van der Waals surface area (Å²) < 4.78 is 11.6. The van der Waals surface area contributed by atoms with Crippen LogP contribution in [0.3, 0.4) is 0 Å². The van der Waals surface area contributed by atoms with Gasteiger partial charge in [0.1, 0.15) is 13.2 Å². The first-order chi connectivity index (χ1) is 16.8. The Balaban J connectivity index is 1.20. The molecule has 1 aliphatic carbocycles. The Morgan fingerprint density at radius 2 is 1.76 bits per heavy atom. The average Bonchev–Trinajstić information content (AvgIpc) is 3.74. The van der Waals surface area contributed by atoms with E-state index < -0.39 is 0 Å². The number of anilines is 1. The van der Waals surface area contributed by atoms with E-state index in [1.54, 1.807) is 0 Å². The number of nitrogens with one attached hydrogen (secondary N) is 2. The summed E-state index contributed by atoms with van der Waals surface area (Å²) in [5.74, 6) is 2.12. The number of benzene rings is 2. The molecule has 2 aromatic rings. The molecule has 0 bridgehead atoms. The fourth-order valence-corrected chi connectivity index (χ4v) is 6.16. The summed E-state index contributed by atoms with van der Waals surface area (Å²) in [6.45, 7) is 4.72. The zero-order valence-corrected chi connectivity index (χ0v) is 20.0. The minimum atomic E-state index is 0.320. The number of ether oxygens (including phenoxy) is 2. The van der Waals surface area contributed by atoms with E-state index in [1.165, 1.54) is 41.6 Å². The molecule has 6 nitrogen and oxygen atoms in total. The van der Waals surface area contributed by atoms with Gasteiger partial charge in [0.25, 0.3) is 0 Å². The first-order valence-electron chi connectivity index (χ1n) is 13.2. The number of rotatable bonds is 6. The minimum absolute atomic E-state index is 0.320. The fourth-order valence-electron chi connectivity index (χ4n) is 6.16. The van der Waals surface area contributed by atoms with Crippen molar-refractivity contribution in [1.82, 2.24) is 10.6 Å². The Morgan fingerprint density at radius 1 is 0.971 bits per heavy atom. The maximum atomic E-state index is 9.79. The fraction of sp³-hybridized carbons (Fsp3) is 0.571. The Labute approximate surface area is 202 Å². The molecule has 3 unspecified atom stereocenters. The van der Waals surface area contributed by atoms with Crippen molar-refractivity contribution in [2.24, 2.45) is 5.92 Å². The molecule has 34 heavy (non-hydrogen) atoms. The SMILES string of the molecule is OCC1CCCCC1NC1CCN(c2cccc(-c3ccc4c(c3)OCCO4)c2C2CN2)CC1. The Kier molecular flexibility index (Phi) is 6.37. The van der Waals surface area contributed by atoms with E-state index in [9.17, 15) is 5.11 Å². The molecule has 0 aromatic heterocycles. The molecule has 1 saturated carbocycles. The molecule has 3 N–H and O–H groups in total. The molecule has 0 spiro atoms. The lowest BCUT2D eigenvalue weighted by atomic mass is 9.84. The van der Waals surface area contributed by atoms with E-state index in [2.05, 4.69) is 45.9 Å². The van der Waals surface area contributed by atoms with Gasteiger partial charge in [-0.2, -0.15) is 0 Å². The number of hydrogen-bond donors (Lipinski definition) is 3. The second kappa shape index (κ2) is 9.76. The van der Waals surface area contributed by atoms with Gasteiger partial charge in [0.05, 0.1) is 0 Å². The van der Waals surface area contributed by atoms with Gasteiger partial charge in [-0.15, -0.1) is 0 Å². The Hall–Kier alpha value is -2.28. The first-order valence-corrected chi connectivity index (χ1v) is 13.2. The number of piperidine rings is 1. The van der Waals surface area contributed by atoms with Crippen LogP contribution in [0, 0.1) is 5.92 Å². The van der Waals surface area contributed by atoms with E-state index in [0.717, 1.165) is 50.4 Å². The lowest BCUT2D eigenvalue weighted by Crippen LogP contribution is -2.50. The summed E-state index contributed by atoms with van der Waals surface area (Å²) in [5, 5.41) is 17.3. The second-order valence-electron chi connectivity index (χ2n) is 10.3. The number of fused-ring (bicyclic) bond motifs is 1. The lowest BCUT2D eigenvalue weighted by Gasteiger charge is -2.39. The van der Waals surface area contributed by atoms with E-state index in [-0.39, 0.29) is 0 Å². The summed E-state index contributed by atoms with van der Waals surface area (Å²) in [6.07, 6.45) is 7.23. The Morgan fingerprint density at radius 3 is 2.56 bits per heavy atom. The van der Waals surface area contributed by atoms with Gasteiger partial charge < -0.3 is 30.1 Å². The van der Waals surface area contributed by atoms with Gasteiger partial charge in [-0.3, -0.25) is 0 Å². The molecule has 0 radical (unpaired) electrons. The van der Waals surface area contributed by atoms with Crippen LogP contribution in [0.2, 0.25) is 0 Å². The molecule has 3 fully saturated rings. The predicted octanol–water partition coefficient (Wildman–Crippen LogP) is 3.88. The number of nitrogens with zero attached hydrogens (tertiary/aromatic N) is 1. The topological polar surface area (TPSA) is 75.9 Å². The zero-order chi connectivity index (χ0) is 22.9. The van der Waals surface area contributed by atoms with Gasteiger partial charge in [0.15, 0.2) is 11.5 Å². The number of aliphatic hydroxyl groups excluding tert-OH is 1. The molecule has 6 rings (SSSR count). The quantitative estimate of drug-likeness (QED) is 0.565. The summed E-state index contributed by atoms with van der Waals surface area (Å²) in [6, 6.07) is 14.5. The second-order valence-corrected chi connectivity index (χ2v) is 10.3. The van der Waals surface area contributed by atoms with Crippen LogP contribution in [0.25, 0.3) is 11.1 Å². The van der Waals surface area contributed by atoms with E-state index >= 15 is 0 Å². The van der Waals surface area contributed by atoms with Crippen LogP contribution in [-0.2, 0) is 0 Å². The lowest BCUT2D eigenvalue weighted by molar-refractivity contribution is 0.142. The van der Waals surface area contributed by atoms with Crippen molar-refractivity contribution in [3.05, 3.63) is 42.0 Å². The molecule has 3 heterocycles. The van der Waals surface area contributed by atoms with Crippen molar-refractivity contribution < 1.29 is 14.6 Å². The van der Waals surface area contributed by atoms with Crippen LogP contribution in [0.5, 0.6) is 11.5 Å². The molecule has 2 aromatic carbocycles. The van der Waals surface area contributed by atoms with E-state index in [0.29, 0.717) is 43.9 Å². The third-order valence-corrected chi connectivity index (χ3v) is 8.12. The minimum Gasteiger partial charge on any atom is -0.486 e. The van der Waals surface area contributed by atoms with Crippen molar-refractivity contribution in [3.63, 3.8) is 0 Å². The first kappa shape index (κ1) is 22.2. The highest BCUT2D eigenvalue weighted by Crippen LogP contribution is 2.42. The molecule has 6 heteroatoms. The Bertz CT molecular complexity index is 1000. The smallest absolute Gasteiger partial charge is 0.161 e. The average molecular weight is 464 g/mol. The zero-order valence-electron chi connectivity index (χ0n) is 20.0. The van der Waals surface area contributed by atoms with Crippen molar-refractivity contribution in [2.45, 2.75) is 56.7 Å². The number of aliphatic hydroxyl groups is 1. The maximum Gasteiger partial charge on any atom is 0.161 e. The highest BCUT2D eigenvalue weighted by molar-refractivity contribution is 5.78. The summed E-state index contributed by atoms with van der Waals surface area (Å²) in [4.78, 5) is 2.58. The van der Waals surface area contributed by atoms with Gasteiger partial charge in [-0.05, 0) is 60.9 Å². The van der Waals surface area contributed by atoms with Crippen molar-refractivity contribution in [2.75, 3.05) is 44.4 Å². The van der Waals surface area contributed by atoms with Gasteiger partial charge >= 0.3 is 0 Å². The van der Waals surface area contributed by atoms with Crippen LogP contribution >= 0.6 is 0 Å². The predicted molar refractivity (Wildman–Crippen MR) is 135 cm³/mol. The third kappa shape index (κ3) is 4.51. The van der Waals surface area contributed by atoms with E-state index in [1.807, 2.05) is 6.07 Å². The van der Waals surface area contributed by atoms with Gasteiger partial charge in [0.2, 0.25) is 0 Å². The molecule has 3 atom stereocenters. The highest BCUT2D eigenvalue weighted by atomic mass is 16.6. The number of hydrogen-bond acceptors (Lipinski definition) is 6. The van der Waals surface area contributed by atoms with Crippen LogP contribution in [-0.4, -0.2) is 56.6 Å². The molecule has 2 saturated heterocycles.